The number of nitrogens with one attached hydrogen (secondary N) is 2. The van der Waals surface area contributed by atoms with Gasteiger partial charge in [0.15, 0.2) is 5.78 Å². The molecule has 0 saturated carbocycles. The van der Waals surface area contributed by atoms with Gasteiger partial charge in [-0.15, -0.1) is 0 Å². The smallest absolute Gasteiger partial charge is 0.229 e. The van der Waals surface area contributed by atoms with E-state index in [1.807, 2.05) is 49.4 Å². The van der Waals surface area contributed by atoms with Crippen molar-refractivity contribution in [3.63, 3.8) is 0 Å². The molecule has 0 atom stereocenters. The van der Waals surface area contributed by atoms with Crippen molar-refractivity contribution in [2.45, 2.75) is 13.8 Å². The number of ether oxygens (including phenoxy) is 1. The molecule has 1 aromatic heterocycles. The molecule has 6 heteroatoms. The number of carbonyl (C=O) groups excluding carboxylic acids is 1. The molecule has 3 aromatic rings. The van der Waals surface area contributed by atoms with Crippen LogP contribution in [-0.2, 0) is 0 Å². The lowest BCUT2D eigenvalue weighted by Gasteiger charge is -2.11. The highest BCUT2D eigenvalue weighted by Gasteiger charge is 2.06. The summed E-state index contributed by atoms with van der Waals surface area (Å²) in [5, 5.41) is 6.40. The van der Waals surface area contributed by atoms with Gasteiger partial charge in [-0.25, -0.2) is 4.98 Å². The van der Waals surface area contributed by atoms with Crippen LogP contribution in [0.2, 0.25) is 0 Å². The van der Waals surface area contributed by atoms with E-state index < -0.39 is 0 Å². The molecule has 0 saturated heterocycles. The van der Waals surface area contributed by atoms with Gasteiger partial charge < -0.3 is 15.4 Å². The van der Waals surface area contributed by atoms with Gasteiger partial charge in [0.05, 0.1) is 7.11 Å². The van der Waals surface area contributed by atoms with Crippen molar-refractivity contribution < 1.29 is 9.53 Å². The van der Waals surface area contributed by atoms with Crippen LogP contribution in [0, 0.1) is 6.92 Å². The maximum absolute atomic E-state index is 11.5. The maximum atomic E-state index is 11.5. The zero-order chi connectivity index (χ0) is 18.5. The van der Waals surface area contributed by atoms with Crippen LogP contribution in [-0.4, -0.2) is 22.9 Å². The molecule has 0 aliphatic carbocycles. The summed E-state index contributed by atoms with van der Waals surface area (Å²) in [7, 11) is 1.63. The number of nitrogens with zero attached hydrogens (tertiary/aromatic N) is 2. The average molecular weight is 348 g/mol. The monoisotopic (exact) mass is 348 g/mol. The highest BCUT2D eigenvalue weighted by molar-refractivity contribution is 5.95. The third-order valence-electron chi connectivity index (χ3n) is 3.74. The normalized spacial score (nSPS) is 10.3. The van der Waals surface area contributed by atoms with Crippen molar-refractivity contribution in [3.05, 3.63) is 65.9 Å². The molecule has 0 aliphatic heterocycles. The summed E-state index contributed by atoms with van der Waals surface area (Å²) >= 11 is 0. The number of carbonyl (C=O) groups is 1. The number of anilines is 4. The minimum Gasteiger partial charge on any atom is -0.497 e. The Balaban J connectivity index is 1.80. The first-order valence-electron chi connectivity index (χ1n) is 8.18. The topological polar surface area (TPSA) is 76.1 Å². The van der Waals surface area contributed by atoms with E-state index in [0.29, 0.717) is 17.3 Å². The van der Waals surface area contributed by atoms with E-state index in [1.165, 1.54) is 0 Å². The highest BCUT2D eigenvalue weighted by Crippen LogP contribution is 2.21. The second-order valence-corrected chi connectivity index (χ2v) is 5.83. The van der Waals surface area contributed by atoms with Gasteiger partial charge in [0, 0.05) is 28.7 Å². The summed E-state index contributed by atoms with van der Waals surface area (Å²) in [6.45, 7) is 3.45. The molecular weight excluding hydrogens is 328 g/mol. The van der Waals surface area contributed by atoms with Gasteiger partial charge in [-0.2, -0.15) is 4.98 Å². The van der Waals surface area contributed by atoms with Crippen LogP contribution in [0.25, 0.3) is 0 Å². The number of benzene rings is 2. The van der Waals surface area contributed by atoms with Crippen LogP contribution in [0.4, 0.5) is 23.1 Å². The molecular formula is C20H20N4O2. The molecule has 0 amide bonds. The lowest BCUT2D eigenvalue weighted by atomic mass is 10.1. The largest absolute Gasteiger partial charge is 0.497 e. The number of methoxy groups -OCH3 is 1. The number of hydrogen-bond donors (Lipinski definition) is 2. The summed E-state index contributed by atoms with van der Waals surface area (Å²) in [4.78, 5) is 20.4. The Bertz CT molecular complexity index is 923. The molecule has 0 fully saturated rings. The number of aryl methyl sites for hydroxylation is 1. The molecule has 1 heterocycles. The van der Waals surface area contributed by atoms with E-state index in [9.17, 15) is 4.79 Å². The SMILES string of the molecule is COc1ccc(Nc2nc(C)cc(Nc3cccc(C(C)=O)c3)n2)cc1. The molecule has 2 aromatic carbocycles. The molecule has 0 aliphatic rings. The van der Waals surface area contributed by atoms with Crippen molar-refractivity contribution in [2.24, 2.45) is 0 Å². The van der Waals surface area contributed by atoms with Gasteiger partial charge >= 0.3 is 0 Å². The maximum Gasteiger partial charge on any atom is 0.229 e. The Labute approximate surface area is 152 Å². The van der Waals surface area contributed by atoms with Crippen molar-refractivity contribution in [1.29, 1.82) is 0 Å². The standard InChI is InChI=1S/C20H20N4O2/c1-13-11-19(22-17-6-4-5-15(12-17)14(2)25)24-20(21-13)23-16-7-9-18(26-3)10-8-16/h4-12H,1-3H3,(H2,21,22,23,24). The first kappa shape index (κ1) is 17.4. The van der Waals surface area contributed by atoms with Crippen molar-refractivity contribution >= 4 is 28.9 Å². The van der Waals surface area contributed by atoms with Gasteiger partial charge in [0.2, 0.25) is 5.95 Å². The van der Waals surface area contributed by atoms with E-state index >= 15 is 0 Å². The van der Waals surface area contributed by atoms with Gasteiger partial charge in [0.1, 0.15) is 11.6 Å². The van der Waals surface area contributed by atoms with E-state index in [-0.39, 0.29) is 5.78 Å². The number of hydrogen-bond acceptors (Lipinski definition) is 6. The van der Waals surface area contributed by atoms with E-state index in [2.05, 4.69) is 20.6 Å². The predicted octanol–water partition coefficient (Wildman–Crippen LogP) is 4.48. The second-order valence-electron chi connectivity index (χ2n) is 5.83. The Morgan fingerprint density at radius 2 is 1.73 bits per heavy atom. The molecule has 0 bridgehead atoms. The molecule has 0 radical (unpaired) electrons. The van der Waals surface area contributed by atoms with E-state index in [0.717, 1.165) is 22.8 Å². The summed E-state index contributed by atoms with van der Waals surface area (Å²) in [6.07, 6.45) is 0. The summed E-state index contributed by atoms with van der Waals surface area (Å²) in [5.41, 5.74) is 3.13. The van der Waals surface area contributed by atoms with Gasteiger partial charge in [-0.3, -0.25) is 4.79 Å². The molecule has 6 nitrogen and oxygen atoms in total. The van der Waals surface area contributed by atoms with Crippen LogP contribution in [0.1, 0.15) is 23.0 Å². The number of Topliss-reactive ketones (excluding diaryl/α,β-unsaturated/α-hetero) is 1. The Morgan fingerprint density at radius 1 is 0.962 bits per heavy atom. The number of ketones is 1. The molecule has 0 spiro atoms. The number of aromatic nitrogens is 2. The molecule has 132 valence electrons. The van der Waals surface area contributed by atoms with Gasteiger partial charge in [0.25, 0.3) is 0 Å². The quantitative estimate of drug-likeness (QED) is 0.640. The minimum atomic E-state index is 0.0226. The fourth-order valence-corrected chi connectivity index (χ4v) is 2.46. The van der Waals surface area contributed by atoms with E-state index in [1.54, 1.807) is 26.2 Å². The van der Waals surface area contributed by atoms with Crippen LogP contribution >= 0.6 is 0 Å². The van der Waals surface area contributed by atoms with Crippen molar-refractivity contribution in [1.82, 2.24) is 9.97 Å². The highest BCUT2D eigenvalue weighted by atomic mass is 16.5. The van der Waals surface area contributed by atoms with Gasteiger partial charge in [-0.05, 0) is 50.2 Å². The Hall–Kier alpha value is -3.41. The molecule has 2 N–H and O–H groups in total. The van der Waals surface area contributed by atoms with Crippen LogP contribution < -0.4 is 15.4 Å². The Morgan fingerprint density at radius 3 is 2.42 bits per heavy atom. The lowest BCUT2D eigenvalue weighted by molar-refractivity contribution is 0.101. The molecule has 0 unspecified atom stereocenters. The molecule has 3 rings (SSSR count). The molecule has 26 heavy (non-hydrogen) atoms. The second kappa shape index (κ2) is 7.65. The van der Waals surface area contributed by atoms with Crippen molar-refractivity contribution in [2.75, 3.05) is 17.7 Å². The summed E-state index contributed by atoms with van der Waals surface area (Å²) in [6, 6.07) is 16.7. The first-order valence-corrected chi connectivity index (χ1v) is 8.18. The fraction of sp³-hybridized carbons (Fsp3) is 0.150. The van der Waals surface area contributed by atoms with E-state index in [4.69, 9.17) is 4.74 Å². The summed E-state index contributed by atoms with van der Waals surface area (Å²) in [5.74, 6) is 1.94. The van der Waals surface area contributed by atoms with Crippen LogP contribution in [0.15, 0.2) is 54.6 Å². The first-order chi connectivity index (χ1) is 12.5. The fourth-order valence-electron chi connectivity index (χ4n) is 2.46. The van der Waals surface area contributed by atoms with Crippen molar-refractivity contribution in [3.8, 4) is 5.75 Å². The van der Waals surface area contributed by atoms with Crippen LogP contribution in [0.3, 0.4) is 0 Å². The Kier molecular flexibility index (Phi) is 5.12. The third kappa shape index (κ3) is 4.36. The van der Waals surface area contributed by atoms with Gasteiger partial charge in [-0.1, -0.05) is 12.1 Å². The minimum absolute atomic E-state index is 0.0226. The number of rotatable bonds is 6. The summed E-state index contributed by atoms with van der Waals surface area (Å²) < 4.78 is 5.16. The zero-order valence-corrected chi connectivity index (χ0v) is 14.9. The average Bonchev–Trinajstić information content (AvgIpc) is 2.62. The predicted molar refractivity (Wildman–Crippen MR) is 103 cm³/mol. The zero-order valence-electron chi connectivity index (χ0n) is 14.9. The van der Waals surface area contributed by atoms with Crippen LogP contribution in [0.5, 0.6) is 5.75 Å². The lowest BCUT2D eigenvalue weighted by Crippen LogP contribution is -2.03. The third-order valence-corrected chi connectivity index (χ3v) is 3.74.